The van der Waals surface area contributed by atoms with Crippen LogP contribution in [0.15, 0.2) is 33.7 Å². The normalized spacial score (nSPS) is 17.8. The van der Waals surface area contributed by atoms with Gasteiger partial charge in [0.1, 0.15) is 0 Å². The Morgan fingerprint density at radius 1 is 1.25 bits per heavy atom. The maximum absolute atomic E-state index is 4.51. The molecule has 0 aromatic heterocycles. The predicted molar refractivity (Wildman–Crippen MR) is 71.8 cm³/mol. The lowest BCUT2D eigenvalue weighted by Gasteiger charge is -2.19. The molecule has 2 nitrogen and oxygen atoms in total. The molecule has 1 aliphatic rings. The van der Waals surface area contributed by atoms with Crippen molar-refractivity contribution in [3.8, 4) is 0 Å². The summed E-state index contributed by atoms with van der Waals surface area (Å²) >= 11 is 3.45. The van der Waals surface area contributed by atoms with Crippen molar-refractivity contribution in [2.75, 3.05) is 6.54 Å². The Morgan fingerprint density at radius 3 is 2.62 bits per heavy atom. The van der Waals surface area contributed by atoms with Gasteiger partial charge in [-0.05, 0) is 37.5 Å². The maximum Gasteiger partial charge on any atom is 0.0967 e. The summed E-state index contributed by atoms with van der Waals surface area (Å²) in [6.45, 7) is 3.16. The summed E-state index contributed by atoms with van der Waals surface area (Å²) in [7, 11) is 0. The molecule has 2 rings (SSSR count). The van der Waals surface area contributed by atoms with Crippen molar-refractivity contribution in [1.82, 2.24) is 5.32 Å². The van der Waals surface area contributed by atoms with Crippen LogP contribution in [-0.4, -0.2) is 12.4 Å². The van der Waals surface area contributed by atoms with Crippen LogP contribution in [0.5, 0.6) is 0 Å². The summed E-state index contributed by atoms with van der Waals surface area (Å²) in [5.74, 6) is 1.17. The van der Waals surface area contributed by atoms with E-state index in [-0.39, 0.29) is 0 Å². The highest BCUT2D eigenvalue weighted by Gasteiger charge is 2.09. The number of nitrogens with zero attached hydrogens (tertiary/aromatic N) is 1. The van der Waals surface area contributed by atoms with E-state index in [1.807, 2.05) is 0 Å². The van der Waals surface area contributed by atoms with Gasteiger partial charge in [-0.25, -0.2) is 0 Å². The number of aliphatic imine (C=N–C) groups is 1. The number of benzene rings is 1. The zero-order valence-electron chi connectivity index (χ0n) is 9.54. The van der Waals surface area contributed by atoms with Crippen LogP contribution in [0.25, 0.3) is 0 Å². The average molecular weight is 281 g/mol. The Balaban J connectivity index is 1.99. The lowest BCUT2D eigenvalue weighted by Crippen LogP contribution is -2.28. The lowest BCUT2D eigenvalue weighted by molar-refractivity contribution is 0.656. The van der Waals surface area contributed by atoms with E-state index in [0.717, 1.165) is 17.4 Å². The molecule has 86 valence electrons. The van der Waals surface area contributed by atoms with Gasteiger partial charge in [0.15, 0.2) is 0 Å². The monoisotopic (exact) mass is 280 g/mol. The van der Waals surface area contributed by atoms with Crippen LogP contribution in [0.2, 0.25) is 0 Å². The molecule has 0 radical (unpaired) electrons. The molecule has 0 aliphatic carbocycles. The van der Waals surface area contributed by atoms with Gasteiger partial charge in [0.05, 0.1) is 5.84 Å². The van der Waals surface area contributed by atoms with Gasteiger partial charge in [0.25, 0.3) is 0 Å². The third kappa shape index (κ3) is 3.08. The molecule has 1 aromatic carbocycles. The van der Waals surface area contributed by atoms with Gasteiger partial charge in [-0.1, -0.05) is 28.1 Å². The van der Waals surface area contributed by atoms with Crippen molar-refractivity contribution in [1.29, 1.82) is 0 Å². The molecule has 1 aromatic rings. The van der Waals surface area contributed by atoms with Gasteiger partial charge >= 0.3 is 0 Å². The number of hydrogen-bond donors (Lipinski definition) is 1. The van der Waals surface area contributed by atoms with Crippen LogP contribution in [0.1, 0.15) is 37.8 Å². The quantitative estimate of drug-likeness (QED) is 0.878. The summed E-state index contributed by atoms with van der Waals surface area (Å²) in [5, 5.41) is 3.49. The molecule has 0 saturated heterocycles. The highest BCUT2D eigenvalue weighted by atomic mass is 79.9. The second kappa shape index (κ2) is 5.48. The standard InChI is InChI=1S/C13H17BrN2/c1-10(11-5-7-12(14)8-6-11)16-13-4-2-3-9-15-13/h5-8,10H,2-4,9H2,1H3,(H,15,16)/t10-/m0/s1. The average Bonchev–Trinajstić information content (AvgIpc) is 2.31. The number of amidine groups is 1. The van der Waals surface area contributed by atoms with Crippen LogP contribution in [0.3, 0.4) is 0 Å². The second-order valence-corrected chi connectivity index (χ2v) is 5.12. The fourth-order valence-corrected chi connectivity index (χ4v) is 2.16. The zero-order chi connectivity index (χ0) is 11.4. The van der Waals surface area contributed by atoms with Gasteiger partial charge in [0, 0.05) is 23.5 Å². The van der Waals surface area contributed by atoms with Gasteiger partial charge in [0.2, 0.25) is 0 Å². The molecular formula is C13H17BrN2. The molecule has 0 unspecified atom stereocenters. The summed E-state index contributed by atoms with van der Waals surface area (Å²) in [5.41, 5.74) is 1.30. The molecule has 0 fully saturated rings. The van der Waals surface area contributed by atoms with Crippen LogP contribution < -0.4 is 5.32 Å². The van der Waals surface area contributed by atoms with Crippen molar-refractivity contribution in [2.45, 2.75) is 32.2 Å². The SMILES string of the molecule is C[C@H](NC1=NCCCC1)c1ccc(Br)cc1. The molecule has 1 aliphatic heterocycles. The van der Waals surface area contributed by atoms with E-state index in [1.165, 1.54) is 24.2 Å². The van der Waals surface area contributed by atoms with E-state index in [2.05, 4.69) is 57.4 Å². The third-order valence-electron chi connectivity index (χ3n) is 2.88. The van der Waals surface area contributed by atoms with E-state index in [0.29, 0.717) is 6.04 Å². The molecule has 3 heteroatoms. The number of halogens is 1. The summed E-state index contributed by atoms with van der Waals surface area (Å²) in [6.07, 6.45) is 3.59. The molecule has 1 atom stereocenters. The molecule has 0 saturated carbocycles. The first-order valence-corrected chi connectivity index (χ1v) is 6.60. The number of hydrogen-bond acceptors (Lipinski definition) is 2. The van der Waals surface area contributed by atoms with Gasteiger partial charge in [-0.2, -0.15) is 0 Å². The maximum atomic E-state index is 4.51. The van der Waals surface area contributed by atoms with Crippen molar-refractivity contribution >= 4 is 21.8 Å². The number of rotatable bonds is 2. The molecule has 1 N–H and O–H groups in total. The highest BCUT2D eigenvalue weighted by Crippen LogP contribution is 2.17. The minimum absolute atomic E-state index is 0.338. The van der Waals surface area contributed by atoms with E-state index >= 15 is 0 Å². The van der Waals surface area contributed by atoms with Crippen LogP contribution in [0.4, 0.5) is 0 Å². The molecular weight excluding hydrogens is 264 g/mol. The van der Waals surface area contributed by atoms with Gasteiger partial charge < -0.3 is 5.32 Å². The lowest BCUT2D eigenvalue weighted by atomic mass is 10.1. The minimum atomic E-state index is 0.338. The smallest absolute Gasteiger partial charge is 0.0967 e. The van der Waals surface area contributed by atoms with Crippen molar-refractivity contribution < 1.29 is 0 Å². The Bertz CT molecular complexity index is 370. The van der Waals surface area contributed by atoms with Crippen molar-refractivity contribution in [3.05, 3.63) is 34.3 Å². The Hall–Kier alpha value is -0.830. The first-order chi connectivity index (χ1) is 7.75. The first-order valence-electron chi connectivity index (χ1n) is 5.81. The number of nitrogens with one attached hydrogen (secondary N) is 1. The molecule has 16 heavy (non-hydrogen) atoms. The topological polar surface area (TPSA) is 24.4 Å². The van der Waals surface area contributed by atoms with E-state index in [1.54, 1.807) is 0 Å². The Labute approximate surface area is 105 Å². The summed E-state index contributed by atoms with van der Waals surface area (Å²) < 4.78 is 1.12. The molecule has 0 spiro atoms. The summed E-state index contributed by atoms with van der Waals surface area (Å²) in [6, 6.07) is 8.78. The molecule has 0 amide bonds. The largest absolute Gasteiger partial charge is 0.367 e. The van der Waals surface area contributed by atoms with E-state index < -0.39 is 0 Å². The fourth-order valence-electron chi connectivity index (χ4n) is 1.90. The van der Waals surface area contributed by atoms with Crippen LogP contribution in [0, 0.1) is 0 Å². The Kier molecular flexibility index (Phi) is 3.99. The van der Waals surface area contributed by atoms with E-state index in [9.17, 15) is 0 Å². The first kappa shape index (κ1) is 11.6. The van der Waals surface area contributed by atoms with Crippen molar-refractivity contribution in [3.63, 3.8) is 0 Å². The predicted octanol–water partition coefficient (Wildman–Crippen LogP) is 3.68. The second-order valence-electron chi connectivity index (χ2n) is 4.20. The van der Waals surface area contributed by atoms with E-state index in [4.69, 9.17) is 0 Å². The summed E-state index contributed by atoms with van der Waals surface area (Å²) in [4.78, 5) is 4.51. The molecule has 0 bridgehead atoms. The third-order valence-corrected chi connectivity index (χ3v) is 3.41. The fraction of sp³-hybridized carbons (Fsp3) is 0.462. The molecule has 1 heterocycles. The zero-order valence-corrected chi connectivity index (χ0v) is 11.1. The van der Waals surface area contributed by atoms with Crippen LogP contribution >= 0.6 is 15.9 Å². The van der Waals surface area contributed by atoms with Gasteiger partial charge in [-0.3, -0.25) is 4.99 Å². The highest BCUT2D eigenvalue weighted by molar-refractivity contribution is 9.10. The van der Waals surface area contributed by atoms with Gasteiger partial charge in [-0.15, -0.1) is 0 Å². The minimum Gasteiger partial charge on any atom is -0.367 e. The Morgan fingerprint density at radius 2 is 2.00 bits per heavy atom. The van der Waals surface area contributed by atoms with Crippen molar-refractivity contribution in [2.24, 2.45) is 4.99 Å². The van der Waals surface area contributed by atoms with Crippen LogP contribution in [-0.2, 0) is 0 Å².